The monoisotopic (exact) mass is 397 g/mol. The van der Waals surface area contributed by atoms with Crippen LogP contribution in [0.5, 0.6) is 0 Å². The third kappa shape index (κ3) is 5.54. The number of rotatable bonds is 8. The van der Waals surface area contributed by atoms with E-state index in [0.29, 0.717) is 11.5 Å². The van der Waals surface area contributed by atoms with Gasteiger partial charge in [0.2, 0.25) is 0 Å². The number of carbonyl (C=O) groups excluding carboxylic acids is 1. The van der Waals surface area contributed by atoms with Crippen molar-refractivity contribution in [3.63, 3.8) is 0 Å². The van der Waals surface area contributed by atoms with Gasteiger partial charge in [-0.2, -0.15) is 18.3 Å². The van der Waals surface area contributed by atoms with Gasteiger partial charge in [-0.1, -0.05) is 0 Å². The number of benzene rings is 1. The number of aromatic nitrogens is 2. The molecule has 0 atom stereocenters. The molecule has 0 radical (unpaired) electrons. The van der Waals surface area contributed by atoms with Crippen molar-refractivity contribution < 1.29 is 22.7 Å². The second kappa shape index (κ2) is 9.05. The summed E-state index contributed by atoms with van der Waals surface area (Å²) in [4.78, 5) is 12.5. The van der Waals surface area contributed by atoms with E-state index in [9.17, 15) is 18.0 Å². The second-order valence-corrected chi connectivity index (χ2v) is 7.41. The number of piperidine rings is 1. The summed E-state index contributed by atoms with van der Waals surface area (Å²) in [5.74, 6) is 0.523. The fourth-order valence-corrected chi connectivity index (χ4v) is 3.66. The number of nitrogens with one attached hydrogen (secondary N) is 1. The summed E-state index contributed by atoms with van der Waals surface area (Å²) in [6.45, 7) is 3.48. The van der Waals surface area contributed by atoms with Crippen LogP contribution in [0.1, 0.15) is 41.6 Å². The van der Waals surface area contributed by atoms with Crippen LogP contribution in [0.15, 0.2) is 18.3 Å². The van der Waals surface area contributed by atoms with Crippen LogP contribution in [0.3, 0.4) is 0 Å². The number of carbonyl (C=O) groups is 1. The molecular formula is C20H26F3N3O2. The maximum Gasteiger partial charge on any atom is 0.411 e. The van der Waals surface area contributed by atoms with E-state index in [1.54, 1.807) is 6.07 Å². The first-order valence-corrected chi connectivity index (χ1v) is 9.68. The number of hydrogen-bond acceptors (Lipinski definition) is 4. The Kier molecular flexibility index (Phi) is 6.72. The van der Waals surface area contributed by atoms with Crippen molar-refractivity contribution in [3.8, 4) is 0 Å². The van der Waals surface area contributed by atoms with Crippen LogP contribution in [0.2, 0.25) is 0 Å². The number of ketones is 1. The highest BCUT2D eigenvalue weighted by atomic mass is 19.4. The average molecular weight is 397 g/mol. The number of fused-ring (bicyclic) bond motifs is 1. The quantitative estimate of drug-likeness (QED) is 0.542. The zero-order chi connectivity index (χ0) is 20.1. The van der Waals surface area contributed by atoms with Crippen molar-refractivity contribution in [2.24, 2.45) is 5.92 Å². The molecule has 1 aromatic heterocycles. The van der Waals surface area contributed by atoms with E-state index in [2.05, 4.69) is 15.2 Å². The number of Topliss-reactive ketones (excluding diaryl/α,β-unsaturated/α-hetero) is 1. The molecule has 8 heteroatoms. The average Bonchev–Trinajstić information content (AvgIpc) is 3.05. The third-order valence-electron chi connectivity index (χ3n) is 5.17. The number of hydrogen-bond donors (Lipinski definition) is 1. The van der Waals surface area contributed by atoms with Gasteiger partial charge in [0.25, 0.3) is 0 Å². The second-order valence-electron chi connectivity index (χ2n) is 7.41. The number of alkyl halides is 3. The Hall–Kier alpha value is -1.93. The minimum atomic E-state index is -4.33. The molecule has 1 aromatic carbocycles. The first-order valence-electron chi connectivity index (χ1n) is 9.68. The lowest BCUT2D eigenvalue weighted by Gasteiger charge is -2.22. The van der Waals surface area contributed by atoms with Crippen LogP contribution in [0, 0.1) is 12.8 Å². The van der Waals surface area contributed by atoms with Gasteiger partial charge in [0.15, 0.2) is 5.78 Å². The zero-order valence-corrected chi connectivity index (χ0v) is 16.0. The number of ether oxygens (including phenoxy) is 1. The van der Waals surface area contributed by atoms with Crippen LogP contribution >= 0.6 is 0 Å². The number of nitrogens with zero attached hydrogens (tertiary/aromatic N) is 2. The van der Waals surface area contributed by atoms with Crippen LogP contribution < -0.4 is 5.32 Å². The van der Waals surface area contributed by atoms with Gasteiger partial charge in [-0.15, -0.1) is 0 Å². The summed E-state index contributed by atoms with van der Waals surface area (Å²) in [5, 5.41) is 8.94. The first-order chi connectivity index (χ1) is 13.3. The molecule has 0 unspecified atom stereocenters. The predicted molar refractivity (Wildman–Crippen MR) is 101 cm³/mol. The lowest BCUT2D eigenvalue weighted by atomic mass is 9.98. The maximum atomic E-state index is 12.5. The van der Waals surface area contributed by atoms with Crippen molar-refractivity contribution in [3.05, 3.63) is 29.5 Å². The third-order valence-corrected chi connectivity index (χ3v) is 5.17. The van der Waals surface area contributed by atoms with E-state index in [0.717, 1.165) is 48.9 Å². The molecule has 0 saturated carbocycles. The van der Waals surface area contributed by atoms with E-state index in [1.165, 1.54) is 0 Å². The summed E-state index contributed by atoms with van der Waals surface area (Å²) in [6.07, 6.45) is 0.356. The minimum absolute atomic E-state index is 0.0823. The van der Waals surface area contributed by atoms with Gasteiger partial charge in [0.1, 0.15) is 6.61 Å². The fraction of sp³-hybridized carbons (Fsp3) is 0.600. The molecule has 0 aliphatic carbocycles. The van der Waals surface area contributed by atoms with Crippen molar-refractivity contribution in [2.75, 3.05) is 26.3 Å². The maximum absolute atomic E-state index is 12.5. The smallest absolute Gasteiger partial charge is 0.372 e. The van der Waals surface area contributed by atoms with E-state index in [4.69, 9.17) is 0 Å². The fourth-order valence-electron chi connectivity index (χ4n) is 3.66. The van der Waals surface area contributed by atoms with Crippen molar-refractivity contribution in [2.45, 2.75) is 45.3 Å². The zero-order valence-electron chi connectivity index (χ0n) is 16.0. The summed E-state index contributed by atoms with van der Waals surface area (Å²) in [5.41, 5.74) is 2.33. The topological polar surface area (TPSA) is 56.1 Å². The highest BCUT2D eigenvalue weighted by Gasteiger charge is 2.27. The van der Waals surface area contributed by atoms with Crippen LogP contribution in [0.4, 0.5) is 13.2 Å². The van der Waals surface area contributed by atoms with Gasteiger partial charge in [-0.3, -0.25) is 9.48 Å². The largest absolute Gasteiger partial charge is 0.411 e. The number of halogens is 3. The molecule has 28 heavy (non-hydrogen) atoms. The summed E-state index contributed by atoms with van der Waals surface area (Å²) in [7, 11) is 0. The molecule has 1 aliphatic heterocycles. The Morgan fingerprint density at radius 1 is 1.32 bits per heavy atom. The molecule has 5 nitrogen and oxygen atoms in total. The van der Waals surface area contributed by atoms with Crippen molar-refractivity contribution in [1.82, 2.24) is 15.1 Å². The molecular weight excluding hydrogens is 371 g/mol. The molecule has 154 valence electrons. The highest BCUT2D eigenvalue weighted by molar-refractivity contribution is 6.01. The first kappa shape index (κ1) is 20.8. The van der Waals surface area contributed by atoms with Gasteiger partial charge in [-0.05, 0) is 62.9 Å². The lowest BCUT2D eigenvalue weighted by molar-refractivity contribution is -0.173. The van der Waals surface area contributed by atoms with Gasteiger partial charge in [0.05, 0.1) is 5.52 Å². The summed E-state index contributed by atoms with van der Waals surface area (Å²) < 4.78 is 42.7. The Balaban J connectivity index is 1.60. The Morgan fingerprint density at radius 2 is 2.07 bits per heavy atom. The van der Waals surface area contributed by atoms with Crippen LogP contribution in [0.25, 0.3) is 10.9 Å². The summed E-state index contributed by atoms with van der Waals surface area (Å²) in [6, 6.07) is 3.60. The molecule has 2 aromatic rings. The molecule has 1 N–H and O–H groups in total. The molecule has 2 heterocycles. The highest BCUT2D eigenvalue weighted by Crippen LogP contribution is 2.24. The van der Waals surface area contributed by atoms with Crippen molar-refractivity contribution >= 4 is 16.7 Å². The molecule has 1 saturated heterocycles. The van der Waals surface area contributed by atoms with Gasteiger partial charge >= 0.3 is 6.18 Å². The molecule has 3 rings (SSSR count). The van der Waals surface area contributed by atoms with Gasteiger partial charge in [0, 0.05) is 36.7 Å². The predicted octanol–water partition coefficient (Wildman–Crippen LogP) is 3.89. The lowest BCUT2D eigenvalue weighted by Crippen LogP contribution is -2.29. The van der Waals surface area contributed by atoms with Gasteiger partial charge in [-0.25, -0.2) is 0 Å². The van der Waals surface area contributed by atoms with Crippen LogP contribution in [-0.4, -0.2) is 48.0 Å². The number of aryl methyl sites for hydroxylation is 1. The Morgan fingerprint density at radius 3 is 2.79 bits per heavy atom. The Bertz CT molecular complexity index is 811. The Labute approximate surface area is 162 Å². The normalized spacial score (nSPS) is 16.0. The van der Waals surface area contributed by atoms with Crippen molar-refractivity contribution in [1.29, 1.82) is 0 Å². The van der Waals surface area contributed by atoms with E-state index >= 15 is 0 Å². The van der Waals surface area contributed by atoms with Crippen LogP contribution in [-0.2, 0) is 11.3 Å². The summed E-state index contributed by atoms with van der Waals surface area (Å²) >= 11 is 0. The molecule has 0 bridgehead atoms. The van der Waals surface area contributed by atoms with E-state index in [-0.39, 0.29) is 25.2 Å². The standard InChI is InChI=1S/C20H26F3N3O2/c1-14-16(19(27)3-2-10-28-13-20(21,22)23)4-5-18-17(14)12-26(25-18)11-15-6-8-24-9-7-15/h4-5,12,15,24H,2-3,6-11,13H2,1H3. The van der Waals surface area contributed by atoms with E-state index in [1.807, 2.05) is 23.9 Å². The van der Waals surface area contributed by atoms with Gasteiger partial charge < -0.3 is 10.1 Å². The molecule has 0 spiro atoms. The minimum Gasteiger partial charge on any atom is -0.372 e. The molecule has 1 aliphatic rings. The van der Waals surface area contributed by atoms with E-state index < -0.39 is 12.8 Å². The molecule has 0 amide bonds. The molecule has 1 fully saturated rings. The SMILES string of the molecule is Cc1c(C(=O)CCCOCC(F)(F)F)ccc2nn(CC3CCNCC3)cc12.